The molecule has 0 aromatic heterocycles. The fourth-order valence-corrected chi connectivity index (χ4v) is 1.92. The molecule has 0 aliphatic rings. The Bertz CT molecular complexity index is 722. The van der Waals surface area contributed by atoms with Crippen molar-refractivity contribution in [2.75, 3.05) is 20.3 Å². The molecule has 1 aromatic rings. The summed E-state index contributed by atoms with van der Waals surface area (Å²) < 4.78 is 14.5. The average Bonchev–Trinajstić information content (AvgIpc) is 2.69. The SMILES string of the molecule is CCOC(=O)c1ccc(OCC(=O)NNC(=S)NC(=O)CCC(=O)OC)cc1. The van der Waals surface area contributed by atoms with E-state index in [-0.39, 0.29) is 31.2 Å². The van der Waals surface area contributed by atoms with Gasteiger partial charge in [0.05, 0.1) is 25.7 Å². The standard InChI is InChI=1S/C17H21N3O7S/c1-3-26-16(24)11-4-6-12(7-5-11)27-10-14(22)19-20-17(28)18-13(21)8-9-15(23)25-2/h4-7H,3,8-10H2,1-2H3,(H,19,22)(H2,18,20,21,28). The maximum atomic E-state index is 11.7. The summed E-state index contributed by atoms with van der Waals surface area (Å²) in [5.74, 6) is -1.65. The van der Waals surface area contributed by atoms with Crippen molar-refractivity contribution in [1.82, 2.24) is 16.2 Å². The molecule has 0 radical (unpaired) electrons. The van der Waals surface area contributed by atoms with Gasteiger partial charge in [0.2, 0.25) is 5.91 Å². The third-order valence-corrected chi connectivity index (χ3v) is 3.29. The first kappa shape index (κ1) is 22.8. The summed E-state index contributed by atoms with van der Waals surface area (Å²) in [6, 6.07) is 6.09. The highest BCUT2D eigenvalue weighted by Crippen LogP contribution is 2.12. The molecule has 152 valence electrons. The van der Waals surface area contributed by atoms with Gasteiger partial charge in [-0.2, -0.15) is 0 Å². The highest BCUT2D eigenvalue weighted by atomic mass is 32.1. The first-order valence-corrected chi connectivity index (χ1v) is 8.62. The molecule has 1 rings (SSSR count). The van der Waals surface area contributed by atoms with Crippen LogP contribution in [0.15, 0.2) is 24.3 Å². The van der Waals surface area contributed by atoms with Crippen LogP contribution in [-0.4, -0.2) is 49.2 Å². The van der Waals surface area contributed by atoms with E-state index in [1.807, 2.05) is 0 Å². The van der Waals surface area contributed by atoms with Crippen molar-refractivity contribution >= 4 is 41.1 Å². The van der Waals surface area contributed by atoms with Gasteiger partial charge in [-0.15, -0.1) is 0 Å². The van der Waals surface area contributed by atoms with Gasteiger partial charge in [-0.3, -0.25) is 25.2 Å². The Morgan fingerprint density at radius 3 is 2.29 bits per heavy atom. The topological polar surface area (TPSA) is 132 Å². The second-order valence-electron chi connectivity index (χ2n) is 5.16. The molecule has 1 aromatic carbocycles. The van der Waals surface area contributed by atoms with E-state index in [1.54, 1.807) is 6.92 Å². The number of methoxy groups -OCH3 is 1. The van der Waals surface area contributed by atoms with E-state index in [0.717, 1.165) is 0 Å². The molecule has 2 amide bonds. The van der Waals surface area contributed by atoms with Crippen LogP contribution in [0.4, 0.5) is 0 Å². The molecule has 0 fully saturated rings. The normalized spacial score (nSPS) is 9.64. The van der Waals surface area contributed by atoms with Crippen LogP contribution in [-0.2, 0) is 23.9 Å². The third kappa shape index (κ3) is 8.94. The van der Waals surface area contributed by atoms with E-state index in [1.165, 1.54) is 31.4 Å². The predicted molar refractivity (Wildman–Crippen MR) is 101 cm³/mol. The molecule has 0 saturated carbocycles. The van der Waals surface area contributed by atoms with Gasteiger partial charge in [0.15, 0.2) is 11.7 Å². The summed E-state index contributed by atoms with van der Waals surface area (Å²) in [7, 11) is 1.22. The average molecular weight is 411 g/mol. The van der Waals surface area contributed by atoms with Crippen LogP contribution in [0.3, 0.4) is 0 Å². The van der Waals surface area contributed by atoms with Gasteiger partial charge in [-0.25, -0.2) is 4.79 Å². The number of thiocarbonyl (C=S) groups is 1. The maximum Gasteiger partial charge on any atom is 0.338 e. The van der Waals surface area contributed by atoms with Crippen molar-refractivity contribution < 1.29 is 33.4 Å². The Balaban J connectivity index is 2.29. The molecular weight excluding hydrogens is 390 g/mol. The minimum atomic E-state index is -0.555. The van der Waals surface area contributed by atoms with E-state index in [2.05, 4.69) is 20.9 Å². The molecule has 0 unspecified atom stereocenters. The van der Waals surface area contributed by atoms with E-state index < -0.39 is 23.8 Å². The number of rotatable bonds is 8. The summed E-state index contributed by atoms with van der Waals surface area (Å²) in [6.07, 6.45) is -0.187. The minimum Gasteiger partial charge on any atom is -0.484 e. The quantitative estimate of drug-likeness (QED) is 0.312. The van der Waals surface area contributed by atoms with E-state index >= 15 is 0 Å². The number of ether oxygens (including phenoxy) is 3. The first-order chi connectivity index (χ1) is 13.3. The first-order valence-electron chi connectivity index (χ1n) is 8.21. The van der Waals surface area contributed by atoms with Gasteiger partial charge in [0, 0.05) is 6.42 Å². The summed E-state index contributed by atoms with van der Waals surface area (Å²) in [6.45, 7) is 1.66. The Morgan fingerprint density at radius 1 is 1.00 bits per heavy atom. The van der Waals surface area contributed by atoms with Crippen molar-refractivity contribution in [1.29, 1.82) is 0 Å². The number of hydrogen-bond donors (Lipinski definition) is 3. The van der Waals surface area contributed by atoms with Gasteiger partial charge in [-0.1, -0.05) is 0 Å². The molecule has 28 heavy (non-hydrogen) atoms. The van der Waals surface area contributed by atoms with Gasteiger partial charge in [-0.05, 0) is 43.4 Å². The smallest absolute Gasteiger partial charge is 0.338 e. The number of hydrogen-bond acceptors (Lipinski definition) is 8. The van der Waals surface area contributed by atoms with Gasteiger partial charge >= 0.3 is 11.9 Å². The lowest BCUT2D eigenvalue weighted by Gasteiger charge is -2.11. The molecule has 0 bridgehead atoms. The number of benzene rings is 1. The Hall–Kier alpha value is -3.21. The van der Waals surface area contributed by atoms with Crippen molar-refractivity contribution in [2.45, 2.75) is 19.8 Å². The monoisotopic (exact) mass is 411 g/mol. The summed E-state index contributed by atoms with van der Waals surface area (Å²) in [5.41, 5.74) is 4.95. The Kier molecular flexibility index (Phi) is 9.97. The molecule has 3 N–H and O–H groups in total. The van der Waals surface area contributed by atoms with E-state index in [0.29, 0.717) is 11.3 Å². The number of carbonyl (C=O) groups excluding carboxylic acids is 4. The third-order valence-electron chi connectivity index (χ3n) is 3.09. The predicted octanol–water partition coefficient (Wildman–Crippen LogP) is 0.217. The summed E-state index contributed by atoms with van der Waals surface area (Å²) >= 11 is 4.84. The summed E-state index contributed by atoms with van der Waals surface area (Å²) in [5, 5.41) is 2.15. The number of carbonyl (C=O) groups is 4. The molecule has 0 atom stereocenters. The van der Waals surface area contributed by atoms with Crippen LogP contribution >= 0.6 is 12.2 Å². The number of amides is 2. The molecule has 0 aliphatic heterocycles. The zero-order valence-corrected chi connectivity index (χ0v) is 16.2. The molecule has 10 nitrogen and oxygen atoms in total. The fourth-order valence-electron chi connectivity index (χ4n) is 1.75. The van der Waals surface area contributed by atoms with Crippen LogP contribution in [0.2, 0.25) is 0 Å². The van der Waals surface area contributed by atoms with Crippen molar-refractivity contribution in [3.05, 3.63) is 29.8 Å². The highest BCUT2D eigenvalue weighted by molar-refractivity contribution is 7.80. The number of hydrazine groups is 1. The van der Waals surface area contributed by atoms with Crippen LogP contribution < -0.4 is 20.9 Å². The molecule has 0 heterocycles. The Labute approximate surface area is 166 Å². The van der Waals surface area contributed by atoms with Gasteiger partial charge in [0.1, 0.15) is 5.75 Å². The lowest BCUT2D eigenvalue weighted by Crippen LogP contribution is -2.49. The molecule has 0 aliphatic carbocycles. The number of nitrogens with one attached hydrogen (secondary N) is 3. The molecular formula is C17H21N3O7S. The Morgan fingerprint density at radius 2 is 1.68 bits per heavy atom. The number of esters is 2. The largest absolute Gasteiger partial charge is 0.484 e. The van der Waals surface area contributed by atoms with Crippen LogP contribution in [0.5, 0.6) is 5.75 Å². The lowest BCUT2D eigenvalue weighted by atomic mass is 10.2. The molecule has 0 saturated heterocycles. The summed E-state index contributed by atoms with van der Waals surface area (Å²) in [4.78, 5) is 45.7. The van der Waals surface area contributed by atoms with E-state index in [4.69, 9.17) is 21.7 Å². The second kappa shape index (κ2) is 12.2. The van der Waals surface area contributed by atoms with Crippen LogP contribution in [0, 0.1) is 0 Å². The molecule has 11 heteroatoms. The lowest BCUT2D eigenvalue weighted by molar-refractivity contribution is -0.142. The highest BCUT2D eigenvalue weighted by Gasteiger charge is 2.10. The fraction of sp³-hybridized carbons (Fsp3) is 0.353. The van der Waals surface area contributed by atoms with Crippen molar-refractivity contribution in [3.8, 4) is 5.75 Å². The van der Waals surface area contributed by atoms with Gasteiger partial charge in [0.25, 0.3) is 5.91 Å². The van der Waals surface area contributed by atoms with Crippen LogP contribution in [0.1, 0.15) is 30.1 Å². The van der Waals surface area contributed by atoms with Crippen molar-refractivity contribution in [3.63, 3.8) is 0 Å². The van der Waals surface area contributed by atoms with Crippen molar-refractivity contribution in [2.24, 2.45) is 0 Å². The van der Waals surface area contributed by atoms with Crippen LogP contribution in [0.25, 0.3) is 0 Å². The zero-order valence-electron chi connectivity index (χ0n) is 15.4. The van der Waals surface area contributed by atoms with Gasteiger partial charge < -0.3 is 19.5 Å². The van der Waals surface area contributed by atoms with E-state index in [9.17, 15) is 19.2 Å². The second-order valence-corrected chi connectivity index (χ2v) is 5.57. The zero-order chi connectivity index (χ0) is 20.9. The minimum absolute atomic E-state index is 0.0832. The molecule has 0 spiro atoms. The maximum absolute atomic E-state index is 11.7.